The van der Waals surface area contributed by atoms with Crippen molar-refractivity contribution >= 4 is 0 Å². The third kappa shape index (κ3) is 3.26. The van der Waals surface area contributed by atoms with Gasteiger partial charge in [0.25, 0.3) is 0 Å². The Morgan fingerprint density at radius 3 is 1.75 bits per heavy atom. The van der Waals surface area contributed by atoms with Gasteiger partial charge in [-0.05, 0) is 43.5 Å². The van der Waals surface area contributed by atoms with Crippen LogP contribution in [0.1, 0.15) is 42.5 Å². The van der Waals surface area contributed by atoms with Gasteiger partial charge in [-0.1, -0.05) is 0 Å². The van der Waals surface area contributed by atoms with Gasteiger partial charge in [0.05, 0.1) is 11.1 Å². The average Bonchev–Trinajstić information content (AvgIpc) is 2.73. The molecule has 2 rings (SSSR count). The summed E-state index contributed by atoms with van der Waals surface area (Å²) in [7, 11) is 0. The molecule has 112 valence electrons. The summed E-state index contributed by atoms with van der Waals surface area (Å²) in [6.07, 6.45) is -8.33. The van der Waals surface area contributed by atoms with E-state index in [0.717, 1.165) is 18.6 Å². The number of nitrogens with one attached hydrogen (secondary N) is 1. The van der Waals surface area contributed by atoms with E-state index in [4.69, 9.17) is 0 Å². The monoisotopic (exact) mass is 297 g/mol. The number of hydrogen-bond donors (Lipinski definition) is 1. The molecule has 2 unspecified atom stereocenters. The fourth-order valence-electron chi connectivity index (χ4n) is 2.37. The van der Waals surface area contributed by atoms with E-state index in [9.17, 15) is 26.3 Å². The highest BCUT2D eigenvalue weighted by Crippen LogP contribution is 2.38. The van der Waals surface area contributed by atoms with Gasteiger partial charge in [-0.3, -0.25) is 0 Å². The zero-order valence-corrected chi connectivity index (χ0v) is 10.6. The van der Waals surface area contributed by atoms with Gasteiger partial charge < -0.3 is 5.32 Å². The molecule has 0 spiro atoms. The minimum Gasteiger partial charge on any atom is -0.307 e. The van der Waals surface area contributed by atoms with Crippen LogP contribution < -0.4 is 5.32 Å². The Morgan fingerprint density at radius 1 is 0.900 bits per heavy atom. The molecular formula is C13H13F6N. The molecule has 0 bridgehead atoms. The first-order valence-corrected chi connectivity index (χ1v) is 6.13. The van der Waals surface area contributed by atoms with Gasteiger partial charge in [-0.25, -0.2) is 0 Å². The van der Waals surface area contributed by atoms with Crippen LogP contribution in [0.3, 0.4) is 0 Å². The summed E-state index contributed by atoms with van der Waals surface area (Å²) in [5.74, 6) is 0. The maximum atomic E-state index is 12.7. The van der Waals surface area contributed by atoms with Crippen LogP contribution in [0.5, 0.6) is 0 Å². The predicted molar refractivity (Wildman–Crippen MR) is 61.0 cm³/mol. The molecule has 7 heteroatoms. The lowest BCUT2D eigenvalue weighted by molar-refractivity contribution is -0.143. The number of halogens is 6. The first-order valence-electron chi connectivity index (χ1n) is 6.13. The summed E-state index contributed by atoms with van der Waals surface area (Å²) in [4.78, 5) is 0. The second kappa shape index (κ2) is 4.95. The molecule has 1 aliphatic heterocycles. The Morgan fingerprint density at radius 2 is 1.40 bits per heavy atom. The molecule has 1 nitrogen and oxygen atoms in total. The van der Waals surface area contributed by atoms with Gasteiger partial charge in [-0.15, -0.1) is 0 Å². The quantitative estimate of drug-likeness (QED) is 0.751. The van der Waals surface area contributed by atoms with Gasteiger partial charge in [0, 0.05) is 12.1 Å². The van der Waals surface area contributed by atoms with Crippen LogP contribution >= 0.6 is 0 Å². The Bertz CT molecular complexity index is 458. The fourth-order valence-corrected chi connectivity index (χ4v) is 2.37. The molecule has 1 aromatic rings. The van der Waals surface area contributed by atoms with E-state index in [1.807, 2.05) is 6.92 Å². The average molecular weight is 297 g/mol. The molecule has 1 saturated heterocycles. The Labute approximate surface area is 112 Å². The van der Waals surface area contributed by atoms with E-state index in [1.54, 1.807) is 0 Å². The lowest BCUT2D eigenvalue weighted by Gasteiger charge is -2.18. The Balaban J connectivity index is 2.46. The third-order valence-electron chi connectivity index (χ3n) is 3.39. The van der Waals surface area contributed by atoms with E-state index in [2.05, 4.69) is 5.32 Å². The van der Waals surface area contributed by atoms with Crippen molar-refractivity contribution in [3.63, 3.8) is 0 Å². The van der Waals surface area contributed by atoms with Crippen molar-refractivity contribution in [2.75, 3.05) is 0 Å². The zero-order valence-electron chi connectivity index (χ0n) is 10.6. The molecule has 0 aromatic heterocycles. The summed E-state index contributed by atoms with van der Waals surface area (Å²) in [5.41, 5.74) is -2.48. The molecule has 0 radical (unpaired) electrons. The van der Waals surface area contributed by atoms with Crippen molar-refractivity contribution in [3.05, 3.63) is 34.9 Å². The molecule has 2 atom stereocenters. The van der Waals surface area contributed by atoms with Crippen LogP contribution in [-0.4, -0.2) is 6.04 Å². The van der Waals surface area contributed by atoms with Crippen molar-refractivity contribution in [3.8, 4) is 0 Å². The largest absolute Gasteiger partial charge is 0.416 e. The second-order valence-corrected chi connectivity index (χ2v) is 5.04. The first-order chi connectivity index (χ1) is 9.07. The normalized spacial score (nSPS) is 24.1. The van der Waals surface area contributed by atoms with Crippen molar-refractivity contribution in [2.24, 2.45) is 0 Å². The van der Waals surface area contributed by atoms with E-state index < -0.39 is 29.5 Å². The van der Waals surface area contributed by atoms with Gasteiger partial charge in [0.2, 0.25) is 0 Å². The van der Waals surface area contributed by atoms with Crippen LogP contribution in [0.2, 0.25) is 0 Å². The van der Waals surface area contributed by atoms with Crippen molar-refractivity contribution in [2.45, 2.75) is 44.2 Å². The Kier molecular flexibility index (Phi) is 3.75. The van der Waals surface area contributed by atoms with Crippen LogP contribution in [0.15, 0.2) is 18.2 Å². The summed E-state index contributed by atoms with van der Waals surface area (Å²) >= 11 is 0. The van der Waals surface area contributed by atoms with Gasteiger partial charge in [0.1, 0.15) is 0 Å². The molecule has 1 aromatic carbocycles. The summed E-state index contributed by atoms with van der Waals surface area (Å²) < 4.78 is 76.3. The molecule has 0 saturated carbocycles. The maximum Gasteiger partial charge on any atom is 0.416 e. The zero-order chi connectivity index (χ0) is 15.1. The van der Waals surface area contributed by atoms with Crippen LogP contribution in [0.4, 0.5) is 26.3 Å². The van der Waals surface area contributed by atoms with Gasteiger partial charge >= 0.3 is 12.4 Å². The number of rotatable bonds is 1. The minimum absolute atomic E-state index is 0.0384. The van der Waals surface area contributed by atoms with Crippen LogP contribution in [0, 0.1) is 0 Å². The lowest BCUT2D eigenvalue weighted by atomic mass is 9.98. The third-order valence-corrected chi connectivity index (χ3v) is 3.39. The summed E-state index contributed by atoms with van der Waals surface area (Å²) in [6, 6.07) is 1.37. The van der Waals surface area contributed by atoms with E-state index >= 15 is 0 Å². The molecule has 0 amide bonds. The topological polar surface area (TPSA) is 12.0 Å². The Hall–Kier alpha value is -1.24. The van der Waals surface area contributed by atoms with Crippen molar-refractivity contribution in [1.82, 2.24) is 5.32 Å². The standard InChI is InChI=1S/C13H13F6N/c1-7-2-3-11(20-7)8-4-9(12(14,15)16)6-10(5-8)13(17,18)19/h4-7,11,20H,2-3H2,1H3. The minimum atomic E-state index is -4.79. The number of benzene rings is 1. The van der Waals surface area contributed by atoms with Crippen molar-refractivity contribution < 1.29 is 26.3 Å². The number of hydrogen-bond acceptors (Lipinski definition) is 1. The molecule has 1 aliphatic rings. The van der Waals surface area contributed by atoms with E-state index in [1.165, 1.54) is 0 Å². The molecule has 1 N–H and O–H groups in total. The first kappa shape index (κ1) is 15.2. The highest BCUT2D eigenvalue weighted by molar-refractivity contribution is 5.35. The molecule has 0 aliphatic carbocycles. The van der Waals surface area contributed by atoms with Crippen LogP contribution in [0.25, 0.3) is 0 Å². The molecule has 1 heterocycles. The lowest BCUT2D eigenvalue weighted by Crippen LogP contribution is -2.22. The van der Waals surface area contributed by atoms with Gasteiger partial charge in [-0.2, -0.15) is 26.3 Å². The van der Waals surface area contributed by atoms with E-state index in [-0.39, 0.29) is 17.7 Å². The van der Waals surface area contributed by atoms with Crippen LogP contribution in [-0.2, 0) is 12.4 Å². The van der Waals surface area contributed by atoms with Gasteiger partial charge in [0.15, 0.2) is 0 Å². The SMILES string of the molecule is CC1CCC(c2cc(C(F)(F)F)cc(C(F)(F)F)c2)N1. The summed E-state index contributed by atoms with van der Waals surface area (Å²) in [6.45, 7) is 1.85. The smallest absolute Gasteiger partial charge is 0.307 e. The van der Waals surface area contributed by atoms with Crippen molar-refractivity contribution in [1.29, 1.82) is 0 Å². The molecule has 1 fully saturated rings. The maximum absolute atomic E-state index is 12.7. The summed E-state index contributed by atoms with van der Waals surface area (Å²) in [5, 5.41) is 2.99. The highest BCUT2D eigenvalue weighted by Gasteiger charge is 2.38. The second-order valence-electron chi connectivity index (χ2n) is 5.04. The fraction of sp³-hybridized carbons (Fsp3) is 0.538. The van der Waals surface area contributed by atoms with E-state index in [0.29, 0.717) is 6.42 Å². The molecule has 20 heavy (non-hydrogen) atoms. The number of alkyl halides is 6. The highest BCUT2D eigenvalue weighted by atomic mass is 19.4. The molecular weight excluding hydrogens is 284 g/mol. The predicted octanol–water partition coefficient (Wildman–Crippen LogP) is 4.54.